The summed E-state index contributed by atoms with van der Waals surface area (Å²) >= 11 is 0. The lowest BCUT2D eigenvalue weighted by Crippen LogP contribution is -2.27. The van der Waals surface area contributed by atoms with Crippen molar-refractivity contribution in [1.29, 1.82) is 0 Å². The van der Waals surface area contributed by atoms with E-state index in [9.17, 15) is 9.18 Å². The Morgan fingerprint density at radius 1 is 1.45 bits per heavy atom. The highest BCUT2D eigenvalue weighted by Crippen LogP contribution is 2.18. The first-order valence-electron chi connectivity index (χ1n) is 6.39. The molecule has 0 atom stereocenters. The van der Waals surface area contributed by atoms with E-state index in [0.717, 1.165) is 0 Å². The Morgan fingerprint density at radius 3 is 2.70 bits per heavy atom. The van der Waals surface area contributed by atoms with E-state index in [4.69, 9.17) is 9.84 Å². The van der Waals surface area contributed by atoms with E-state index in [2.05, 4.69) is 5.32 Å². The van der Waals surface area contributed by atoms with Crippen LogP contribution in [0, 0.1) is 5.82 Å². The van der Waals surface area contributed by atoms with Crippen LogP contribution in [0.4, 0.5) is 14.9 Å². The number of benzene rings is 1. The molecule has 0 unspecified atom stereocenters. The van der Waals surface area contributed by atoms with Gasteiger partial charge in [0.25, 0.3) is 0 Å². The smallest absolute Gasteiger partial charge is 0.412 e. The van der Waals surface area contributed by atoms with Gasteiger partial charge in [-0.3, -0.25) is 5.32 Å². The zero-order valence-electron chi connectivity index (χ0n) is 11.9. The third-order valence-electron chi connectivity index (χ3n) is 2.23. The lowest BCUT2D eigenvalue weighted by molar-refractivity contribution is 0.0635. The summed E-state index contributed by atoms with van der Waals surface area (Å²) in [4.78, 5) is 11.5. The quantitative estimate of drug-likeness (QED) is 0.887. The van der Waals surface area contributed by atoms with E-state index >= 15 is 0 Å². The number of amides is 1. The van der Waals surface area contributed by atoms with Gasteiger partial charge < -0.3 is 9.84 Å². The fourth-order valence-electron chi connectivity index (χ4n) is 1.44. The maximum atomic E-state index is 13.8. The lowest BCUT2D eigenvalue weighted by atomic mass is 10.1. The third-order valence-corrected chi connectivity index (χ3v) is 2.23. The van der Waals surface area contributed by atoms with Crippen LogP contribution < -0.4 is 5.32 Å². The summed E-state index contributed by atoms with van der Waals surface area (Å²) in [5.74, 6) is -0.540. The summed E-state index contributed by atoms with van der Waals surface area (Å²) in [5.41, 5.74) is 0.0947. The van der Waals surface area contributed by atoms with Crippen molar-refractivity contribution in [2.75, 3.05) is 11.9 Å². The number of aliphatic hydroxyl groups excluding tert-OH is 1. The Bertz CT molecular complexity index is 492. The highest BCUT2D eigenvalue weighted by atomic mass is 19.1. The van der Waals surface area contributed by atoms with E-state index < -0.39 is 17.5 Å². The van der Waals surface area contributed by atoms with E-state index in [1.807, 2.05) is 0 Å². The van der Waals surface area contributed by atoms with Crippen molar-refractivity contribution in [3.05, 3.63) is 35.7 Å². The van der Waals surface area contributed by atoms with Gasteiger partial charge in [0.1, 0.15) is 11.4 Å². The Kier molecular flexibility index (Phi) is 5.70. The molecule has 0 saturated carbocycles. The van der Waals surface area contributed by atoms with Gasteiger partial charge in [0, 0.05) is 6.61 Å². The number of halogens is 1. The molecule has 1 aromatic rings. The van der Waals surface area contributed by atoms with Crippen LogP contribution in [0.1, 0.15) is 32.8 Å². The van der Waals surface area contributed by atoms with Crippen molar-refractivity contribution in [3.63, 3.8) is 0 Å². The summed E-state index contributed by atoms with van der Waals surface area (Å²) in [7, 11) is 0. The van der Waals surface area contributed by atoms with Crippen LogP contribution in [-0.4, -0.2) is 23.4 Å². The van der Waals surface area contributed by atoms with Crippen LogP contribution in [-0.2, 0) is 4.74 Å². The largest absolute Gasteiger partial charge is 0.444 e. The zero-order chi connectivity index (χ0) is 15.2. The maximum Gasteiger partial charge on any atom is 0.412 e. The molecule has 20 heavy (non-hydrogen) atoms. The second kappa shape index (κ2) is 7.05. The van der Waals surface area contributed by atoms with Gasteiger partial charge in [-0.2, -0.15) is 0 Å². The standard InChI is InChI=1S/C15H20FNO3/c1-15(2,3)20-14(19)17-13-8-7-11(10-12(13)16)6-4-5-9-18/h4,6-8,10,18H,5,9H2,1-3H3,(H,17,19). The molecule has 0 saturated heterocycles. The number of carbonyl (C=O) groups excluding carboxylic acids is 1. The van der Waals surface area contributed by atoms with Crippen LogP contribution in [0.5, 0.6) is 0 Å². The molecule has 0 aliphatic carbocycles. The van der Waals surface area contributed by atoms with Gasteiger partial charge in [-0.1, -0.05) is 18.2 Å². The summed E-state index contributed by atoms with van der Waals surface area (Å²) in [6.45, 7) is 5.26. The molecule has 1 aromatic carbocycles. The Balaban J connectivity index is 2.71. The van der Waals surface area contributed by atoms with Gasteiger partial charge in [-0.05, 0) is 44.9 Å². The number of aliphatic hydroxyl groups is 1. The summed E-state index contributed by atoms with van der Waals surface area (Å²) in [6.07, 6.45) is 3.27. The highest BCUT2D eigenvalue weighted by molar-refractivity contribution is 5.85. The molecule has 0 aliphatic rings. The molecule has 110 valence electrons. The first kappa shape index (κ1) is 16.2. The average molecular weight is 281 g/mol. The van der Waals surface area contributed by atoms with Crippen molar-refractivity contribution in [2.24, 2.45) is 0 Å². The lowest BCUT2D eigenvalue weighted by Gasteiger charge is -2.19. The maximum absolute atomic E-state index is 13.8. The first-order chi connectivity index (χ1) is 9.31. The second-order valence-corrected chi connectivity index (χ2v) is 5.28. The minimum absolute atomic E-state index is 0.0528. The molecule has 0 fully saturated rings. The molecular weight excluding hydrogens is 261 g/mol. The molecule has 0 radical (unpaired) electrons. The summed E-state index contributed by atoms with van der Waals surface area (Å²) in [5, 5.41) is 11.0. The molecule has 0 bridgehead atoms. The number of nitrogens with one attached hydrogen (secondary N) is 1. The van der Waals surface area contributed by atoms with Crippen LogP contribution in [0.3, 0.4) is 0 Å². The number of anilines is 1. The van der Waals surface area contributed by atoms with E-state index in [1.54, 1.807) is 39.0 Å². The van der Waals surface area contributed by atoms with Crippen LogP contribution in [0.25, 0.3) is 6.08 Å². The van der Waals surface area contributed by atoms with Crippen molar-refractivity contribution in [1.82, 2.24) is 0 Å². The van der Waals surface area contributed by atoms with Gasteiger partial charge in [0.15, 0.2) is 0 Å². The second-order valence-electron chi connectivity index (χ2n) is 5.28. The molecule has 0 spiro atoms. The predicted molar refractivity (Wildman–Crippen MR) is 77.0 cm³/mol. The molecule has 0 heterocycles. The Morgan fingerprint density at radius 2 is 2.15 bits per heavy atom. The topological polar surface area (TPSA) is 58.6 Å². The van der Waals surface area contributed by atoms with E-state index in [1.165, 1.54) is 12.1 Å². The number of ether oxygens (including phenoxy) is 1. The highest BCUT2D eigenvalue weighted by Gasteiger charge is 2.17. The normalized spacial score (nSPS) is 11.7. The zero-order valence-corrected chi connectivity index (χ0v) is 11.9. The van der Waals surface area contributed by atoms with Gasteiger partial charge in [0.2, 0.25) is 0 Å². The van der Waals surface area contributed by atoms with Crippen LogP contribution in [0.15, 0.2) is 24.3 Å². The fourth-order valence-corrected chi connectivity index (χ4v) is 1.44. The third kappa shape index (κ3) is 5.84. The van der Waals surface area contributed by atoms with Crippen molar-refractivity contribution < 1.29 is 19.0 Å². The molecule has 2 N–H and O–H groups in total. The monoisotopic (exact) mass is 281 g/mol. The fraction of sp³-hybridized carbons (Fsp3) is 0.400. The van der Waals surface area contributed by atoms with Gasteiger partial charge in [0.05, 0.1) is 5.69 Å². The molecule has 1 amide bonds. The molecule has 1 rings (SSSR count). The average Bonchev–Trinajstić information content (AvgIpc) is 2.30. The summed E-state index contributed by atoms with van der Waals surface area (Å²) in [6, 6.07) is 4.45. The number of carbonyl (C=O) groups is 1. The molecule has 4 nitrogen and oxygen atoms in total. The van der Waals surface area contributed by atoms with Crippen molar-refractivity contribution >= 4 is 17.9 Å². The van der Waals surface area contributed by atoms with Crippen molar-refractivity contribution in [2.45, 2.75) is 32.8 Å². The van der Waals surface area contributed by atoms with Crippen LogP contribution in [0.2, 0.25) is 0 Å². The minimum atomic E-state index is -0.694. The van der Waals surface area contributed by atoms with E-state index in [0.29, 0.717) is 12.0 Å². The number of hydrogen-bond donors (Lipinski definition) is 2. The van der Waals surface area contributed by atoms with Gasteiger partial charge in [-0.15, -0.1) is 0 Å². The molecule has 0 aromatic heterocycles. The number of hydrogen-bond acceptors (Lipinski definition) is 3. The Labute approximate surface area is 118 Å². The molecule has 5 heteroatoms. The van der Waals surface area contributed by atoms with Gasteiger partial charge in [-0.25, -0.2) is 9.18 Å². The molecular formula is C15H20FNO3. The van der Waals surface area contributed by atoms with Crippen molar-refractivity contribution in [3.8, 4) is 0 Å². The first-order valence-corrected chi connectivity index (χ1v) is 6.39. The molecule has 0 aliphatic heterocycles. The van der Waals surface area contributed by atoms with Crippen LogP contribution >= 0.6 is 0 Å². The minimum Gasteiger partial charge on any atom is -0.444 e. The predicted octanol–water partition coefficient (Wildman–Crippen LogP) is 3.57. The van der Waals surface area contributed by atoms with Gasteiger partial charge >= 0.3 is 6.09 Å². The number of rotatable bonds is 4. The van der Waals surface area contributed by atoms with E-state index in [-0.39, 0.29) is 12.3 Å². The summed E-state index contributed by atoms with van der Waals surface area (Å²) < 4.78 is 18.8. The SMILES string of the molecule is CC(C)(C)OC(=O)Nc1ccc(C=CCCO)cc1F. The Hall–Kier alpha value is -1.88.